The maximum atomic E-state index is 13.1. The second-order valence-corrected chi connectivity index (χ2v) is 5.20. The lowest BCUT2D eigenvalue weighted by Gasteiger charge is -2.23. The number of carbonyl (C=O) groups excluding carboxylic acids is 1. The van der Waals surface area contributed by atoms with Gasteiger partial charge >= 0.3 is 12.0 Å². The molecule has 2 N–H and O–H groups in total. The molecule has 1 aliphatic rings. The number of urea groups is 1. The zero-order chi connectivity index (χ0) is 14.9. The summed E-state index contributed by atoms with van der Waals surface area (Å²) in [6.07, 6.45) is 0.612. The molecule has 2 unspecified atom stereocenters. The highest BCUT2D eigenvalue weighted by atomic mass is 35.5. The van der Waals surface area contributed by atoms with Crippen molar-refractivity contribution in [3.05, 3.63) is 29.0 Å². The fourth-order valence-electron chi connectivity index (χ4n) is 2.33. The van der Waals surface area contributed by atoms with Crippen LogP contribution in [0.5, 0.6) is 0 Å². The number of likely N-dealkylation sites (tertiary alicyclic amines) is 1. The number of benzene rings is 1. The Hall–Kier alpha value is -1.82. The molecule has 1 aliphatic heterocycles. The molecule has 7 heteroatoms. The van der Waals surface area contributed by atoms with Crippen LogP contribution in [0.25, 0.3) is 0 Å². The van der Waals surface area contributed by atoms with E-state index >= 15 is 0 Å². The Bertz CT molecular complexity index is 552. The summed E-state index contributed by atoms with van der Waals surface area (Å²) < 4.78 is 13.1. The molecule has 0 bridgehead atoms. The quantitative estimate of drug-likeness (QED) is 0.882. The molecule has 108 valence electrons. The van der Waals surface area contributed by atoms with Crippen molar-refractivity contribution in [2.75, 3.05) is 11.9 Å². The number of nitrogens with one attached hydrogen (secondary N) is 1. The number of carboxylic acids is 1. The van der Waals surface area contributed by atoms with Gasteiger partial charge in [0.2, 0.25) is 0 Å². The SMILES string of the molecule is CC1CCN(C(=O)Nc2cc(F)ccc2Cl)C1C(=O)O. The van der Waals surface area contributed by atoms with E-state index < -0.39 is 23.9 Å². The zero-order valence-corrected chi connectivity index (χ0v) is 11.5. The van der Waals surface area contributed by atoms with Gasteiger partial charge in [0.25, 0.3) is 0 Å². The number of carbonyl (C=O) groups is 2. The van der Waals surface area contributed by atoms with E-state index in [-0.39, 0.29) is 16.6 Å². The summed E-state index contributed by atoms with van der Waals surface area (Å²) >= 11 is 5.86. The van der Waals surface area contributed by atoms with Crippen LogP contribution in [0.1, 0.15) is 13.3 Å². The molecule has 2 rings (SSSR count). The van der Waals surface area contributed by atoms with Gasteiger partial charge in [0.15, 0.2) is 0 Å². The molecule has 1 aromatic rings. The van der Waals surface area contributed by atoms with Crippen LogP contribution in [0.3, 0.4) is 0 Å². The number of aliphatic carboxylic acids is 1. The van der Waals surface area contributed by atoms with E-state index in [1.807, 2.05) is 0 Å². The molecule has 2 amide bonds. The second kappa shape index (κ2) is 5.66. The van der Waals surface area contributed by atoms with Crippen LogP contribution in [0.15, 0.2) is 18.2 Å². The number of carboxylic acid groups (broad SMARTS) is 1. The molecular weight excluding hydrogens is 287 g/mol. The first kappa shape index (κ1) is 14.6. The highest BCUT2D eigenvalue weighted by Crippen LogP contribution is 2.27. The molecular formula is C13H14ClFN2O3. The molecule has 5 nitrogen and oxygen atoms in total. The van der Waals surface area contributed by atoms with E-state index in [1.54, 1.807) is 6.92 Å². The maximum absolute atomic E-state index is 13.1. The first-order chi connectivity index (χ1) is 9.40. The molecule has 0 saturated carbocycles. The van der Waals surface area contributed by atoms with Crippen molar-refractivity contribution in [3.63, 3.8) is 0 Å². The van der Waals surface area contributed by atoms with Crippen molar-refractivity contribution in [3.8, 4) is 0 Å². The Morgan fingerprint density at radius 3 is 2.85 bits per heavy atom. The molecule has 1 saturated heterocycles. The highest BCUT2D eigenvalue weighted by molar-refractivity contribution is 6.33. The van der Waals surface area contributed by atoms with Crippen LogP contribution in [0, 0.1) is 11.7 Å². The summed E-state index contributed by atoms with van der Waals surface area (Å²) in [6, 6.07) is 2.13. The van der Waals surface area contributed by atoms with Crippen LogP contribution in [-0.4, -0.2) is 34.6 Å². The molecule has 0 aliphatic carbocycles. The Kier molecular flexibility index (Phi) is 4.13. The lowest BCUT2D eigenvalue weighted by molar-refractivity contribution is -0.142. The Labute approximate surface area is 120 Å². The number of hydrogen-bond donors (Lipinski definition) is 2. The van der Waals surface area contributed by atoms with Gasteiger partial charge in [0.05, 0.1) is 10.7 Å². The zero-order valence-electron chi connectivity index (χ0n) is 10.8. The molecule has 0 aromatic heterocycles. The fourth-order valence-corrected chi connectivity index (χ4v) is 2.50. The highest BCUT2D eigenvalue weighted by Gasteiger charge is 2.39. The van der Waals surface area contributed by atoms with Gasteiger partial charge in [-0.1, -0.05) is 18.5 Å². The van der Waals surface area contributed by atoms with Gasteiger partial charge in [-0.25, -0.2) is 14.0 Å². The van der Waals surface area contributed by atoms with Crippen molar-refractivity contribution in [2.24, 2.45) is 5.92 Å². The van der Waals surface area contributed by atoms with Crippen LogP contribution in [0.4, 0.5) is 14.9 Å². The Morgan fingerprint density at radius 2 is 2.20 bits per heavy atom. The van der Waals surface area contributed by atoms with Gasteiger partial charge in [-0.05, 0) is 30.5 Å². The summed E-state index contributed by atoms with van der Waals surface area (Å²) in [6.45, 7) is 2.12. The lowest BCUT2D eigenvalue weighted by Crippen LogP contribution is -2.44. The minimum atomic E-state index is -1.05. The average Bonchev–Trinajstić information content (AvgIpc) is 2.76. The Balaban J connectivity index is 2.16. The van der Waals surface area contributed by atoms with Gasteiger partial charge < -0.3 is 15.3 Å². The van der Waals surface area contributed by atoms with Gasteiger partial charge in [-0.2, -0.15) is 0 Å². The topological polar surface area (TPSA) is 69.6 Å². The van der Waals surface area contributed by atoms with E-state index in [2.05, 4.69) is 5.32 Å². The normalized spacial score (nSPS) is 21.9. The first-order valence-corrected chi connectivity index (χ1v) is 6.53. The summed E-state index contributed by atoms with van der Waals surface area (Å²) in [7, 11) is 0. The molecule has 20 heavy (non-hydrogen) atoms. The third-order valence-corrected chi connectivity index (χ3v) is 3.71. The Morgan fingerprint density at radius 1 is 1.50 bits per heavy atom. The standard InChI is InChI=1S/C13H14ClFN2O3/c1-7-4-5-17(11(7)12(18)19)13(20)16-10-6-8(15)2-3-9(10)14/h2-3,6-7,11H,4-5H2,1H3,(H,16,20)(H,18,19). The smallest absolute Gasteiger partial charge is 0.326 e. The number of anilines is 1. The first-order valence-electron chi connectivity index (χ1n) is 6.15. The van der Waals surface area contributed by atoms with E-state index in [0.29, 0.717) is 13.0 Å². The number of halogens is 2. The number of amides is 2. The van der Waals surface area contributed by atoms with Crippen LogP contribution < -0.4 is 5.32 Å². The molecule has 0 radical (unpaired) electrons. The third-order valence-electron chi connectivity index (χ3n) is 3.38. The largest absolute Gasteiger partial charge is 0.480 e. The third kappa shape index (κ3) is 2.85. The lowest BCUT2D eigenvalue weighted by atomic mass is 10.0. The van der Waals surface area contributed by atoms with E-state index in [1.165, 1.54) is 17.0 Å². The molecule has 1 aromatic carbocycles. The molecule has 2 atom stereocenters. The average molecular weight is 301 g/mol. The van der Waals surface area contributed by atoms with Crippen LogP contribution >= 0.6 is 11.6 Å². The maximum Gasteiger partial charge on any atom is 0.326 e. The molecule has 1 fully saturated rings. The second-order valence-electron chi connectivity index (χ2n) is 4.80. The number of nitrogens with zero attached hydrogens (tertiary/aromatic N) is 1. The number of hydrogen-bond acceptors (Lipinski definition) is 2. The van der Waals surface area contributed by atoms with E-state index in [4.69, 9.17) is 16.7 Å². The predicted octanol–water partition coefficient (Wildman–Crippen LogP) is 2.81. The molecule has 0 spiro atoms. The van der Waals surface area contributed by atoms with Gasteiger partial charge in [-0.15, -0.1) is 0 Å². The van der Waals surface area contributed by atoms with Crippen molar-refractivity contribution in [2.45, 2.75) is 19.4 Å². The minimum absolute atomic E-state index is 0.124. The van der Waals surface area contributed by atoms with Gasteiger partial charge in [0, 0.05) is 6.54 Å². The monoisotopic (exact) mass is 300 g/mol. The van der Waals surface area contributed by atoms with Gasteiger partial charge in [-0.3, -0.25) is 0 Å². The summed E-state index contributed by atoms with van der Waals surface area (Å²) in [4.78, 5) is 24.5. The summed E-state index contributed by atoms with van der Waals surface area (Å²) in [5.41, 5.74) is 0.125. The van der Waals surface area contributed by atoms with Crippen LogP contribution in [-0.2, 0) is 4.79 Å². The van der Waals surface area contributed by atoms with Crippen molar-refractivity contribution in [1.82, 2.24) is 4.90 Å². The van der Waals surface area contributed by atoms with Crippen LogP contribution in [0.2, 0.25) is 5.02 Å². The minimum Gasteiger partial charge on any atom is -0.480 e. The van der Waals surface area contributed by atoms with Crippen molar-refractivity contribution >= 4 is 29.3 Å². The van der Waals surface area contributed by atoms with Crippen molar-refractivity contribution in [1.29, 1.82) is 0 Å². The molecule has 1 heterocycles. The summed E-state index contributed by atoms with van der Waals surface area (Å²) in [5.74, 6) is -1.70. The van der Waals surface area contributed by atoms with Gasteiger partial charge in [0.1, 0.15) is 11.9 Å². The van der Waals surface area contributed by atoms with E-state index in [9.17, 15) is 14.0 Å². The fraction of sp³-hybridized carbons (Fsp3) is 0.385. The van der Waals surface area contributed by atoms with Crippen molar-refractivity contribution < 1.29 is 19.1 Å². The number of rotatable bonds is 2. The predicted molar refractivity (Wildman–Crippen MR) is 72.3 cm³/mol. The van der Waals surface area contributed by atoms with E-state index in [0.717, 1.165) is 6.07 Å². The summed E-state index contributed by atoms with van der Waals surface area (Å²) in [5, 5.41) is 11.8.